The lowest BCUT2D eigenvalue weighted by Crippen LogP contribution is -2.04. The molecule has 0 saturated heterocycles. The van der Waals surface area contributed by atoms with E-state index in [1.165, 1.54) is 0 Å². The number of ether oxygens (including phenoxy) is 1. The van der Waals surface area contributed by atoms with Gasteiger partial charge in [0.05, 0.1) is 6.61 Å². The molecule has 0 atom stereocenters. The van der Waals surface area contributed by atoms with E-state index in [0.717, 1.165) is 37.2 Å². The van der Waals surface area contributed by atoms with Crippen molar-refractivity contribution in [1.29, 1.82) is 0 Å². The summed E-state index contributed by atoms with van der Waals surface area (Å²) < 4.78 is 7.08. The molecule has 112 valence electrons. The van der Waals surface area contributed by atoms with Gasteiger partial charge in [-0.05, 0) is 19.8 Å². The van der Waals surface area contributed by atoms with Crippen LogP contribution in [0.15, 0.2) is 42.7 Å². The Kier molecular flexibility index (Phi) is 6.00. The average Bonchev–Trinajstić information content (AvgIpc) is 2.96. The van der Waals surface area contributed by atoms with Crippen LogP contribution in [0.5, 0.6) is 0 Å². The molecule has 0 N–H and O–H groups in total. The maximum atomic E-state index is 11.2. The summed E-state index contributed by atoms with van der Waals surface area (Å²) in [7, 11) is 0. The van der Waals surface area contributed by atoms with E-state index in [2.05, 4.69) is 21.7 Å². The molecular weight excluding hydrogens is 264 g/mol. The number of hydrogen-bond donors (Lipinski definition) is 0. The smallest absolute Gasteiger partial charge is 0.305 e. The van der Waals surface area contributed by atoms with Crippen molar-refractivity contribution in [2.45, 2.75) is 39.2 Å². The first-order valence-corrected chi connectivity index (χ1v) is 7.53. The van der Waals surface area contributed by atoms with Crippen molar-refractivity contribution in [2.24, 2.45) is 0 Å². The standard InChI is InChI=1S/C17H22N2O2/c1-2-21-16(20)11-7-4-8-13-19-14-12-18-17(19)15-9-5-3-6-10-15/h3,5-6,9-10,12,14H,2,4,7-8,11,13H2,1H3. The number of nitrogens with zero attached hydrogens (tertiary/aromatic N) is 2. The Morgan fingerprint density at radius 3 is 2.76 bits per heavy atom. The molecule has 0 aliphatic heterocycles. The number of rotatable bonds is 8. The van der Waals surface area contributed by atoms with Crippen LogP contribution in [0.4, 0.5) is 0 Å². The fraction of sp³-hybridized carbons (Fsp3) is 0.412. The minimum absolute atomic E-state index is 0.0925. The minimum Gasteiger partial charge on any atom is -0.466 e. The zero-order chi connectivity index (χ0) is 14.9. The van der Waals surface area contributed by atoms with Crippen LogP contribution < -0.4 is 0 Å². The summed E-state index contributed by atoms with van der Waals surface area (Å²) in [5, 5.41) is 0. The van der Waals surface area contributed by atoms with Crippen LogP contribution in [-0.2, 0) is 16.1 Å². The van der Waals surface area contributed by atoms with Crippen molar-refractivity contribution in [1.82, 2.24) is 9.55 Å². The first-order valence-electron chi connectivity index (χ1n) is 7.53. The number of carbonyl (C=O) groups is 1. The number of benzene rings is 1. The van der Waals surface area contributed by atoms with Crippen molar-refractivity contribution in [3.8, 4) is 11.4 Å². The molecule has 4 heteroatoms. The highest BCUT2D eigenvalue weighted by Gasteiger charge is 2.05. The van der Waals surface area contributed by atoms with Gasteiger partial charge in [-0.3, -0.25) is 4.79 Å². The number of imidazole rings is 1. The zero-order valence-corrected chi connectivity index (χ0v) is 12.5. The van der Waals surface area contributed by atoms with Crippen LogP contribution in [-0.4, -0.2) is 22.1 Å². The molecule has 0 unspecified atom stereocenters. The average molecular weight is 286 g/mol. The van der Waals surface area contributed by atoms with E-state index in [-0.39, 0.29) is 5.97 Å². The molecular formula is C17H22N2O2. The van der Waals surface area contributed by atoms with Gasteiger partial charge in [0.1, 0.15) is 5.82 Å². The fourth-order valence-corrected chi connectivity index (χ4v) is 2.30. The number of esters is 1. The highest BCUT2D eigenvalue weighted by Crippen LogP contribution is 2.17. The van der Waals surface area contributed by atoms with Gasteiger partial charge in [-0.15, -0.1) is 0 Å². The summed E-state index contributed by atoms with van der Waals surface area (Å²) in [6.45, 7) is 3.23. The Morgan fingerprint density at radius 1 is 1.19 bits per heavy atom. The third-order valence-electron chi connectivity index (χ3n) is 3.33. The van der Waals surface area contributed by atoms with Crippen molar-refractivity contribution in [2.75, 3.05) is 6.61 Å². The van der Waals surface area contributed by atoms with Gasteiger partial charge in [0.25, 0.3) is 0 Å². The molecule has 0 radical (unpaired) electrons. The largest absolute Gasteiger partial charge is 0.466 e. The van der Waals surface area contributed by atoms with Gasteiger partial charge in [0, 0.05) is 30.9 Å². The Balaban J connectivity index is 1.77. The molecule has 1 aromatic carbocycles. The first-order chi connectivity index (χ1) is 10.3. The second-order valence-corrected chi connectivity index (χ2v) is 4.93. The van der Waals surface area contributed by atoms with Crippen molar-refractivity contribution >= 4 is 5.97 Å². The summed E-state index contributed by atoms with van der Waals surface area (Å²) in [5.41, 5.74) is 1.13. The van der Waals surface area contributed by atoms with Crippen molar-refractivity contribution in [3.63, 3.8) is 0 Å². The van der Waals surface area contributed by atoms with Crippen LogP contribution >= 0.6 is 0 Å². The summed E-state index contributed by atoms with van der Waals surface area (Å²) in [5.74, 6) is 0.908. The minimum atomic E-state index is -0.0925. The fourth-order valence-electron chi connectivity index (χ4n) is 2.30. The lowest BCUT2D eigenvalue weighted by atomic mass is 10.2. The SMILES string of the molecule is CCOC(=O)CCCCCn1ccnc1-c1ccccc1. The van der Waals surface area contributed by atoms with E-state index in [0.29, 0.717) is 13.0 Å². The van der Waals surface area contributed by atoms with Gasteiger partial charge in [-0.25, -0.2) is 4.98 Å². The van der Waals surface area contributed by atoms with E-state index >= 15 is 0 Å². The van der Waals surface area contributed by atoms with E-state index in [9.17, 15) is 4.79 Å². The van der Waals surface area contributed by atoms with E-state index in [1.54, 1.807) is 0 Å². The molecule has 0 amide bonds. The van der Waals surface area contributed by atoms with Gasteiger partial charge in [0.15, 0.2) is 0 Å². The molecule has 2 rings (SSSR count). The number of carbonyl (C=O) groups excluding carboxylic acids is 1. The normalized spacial score (nSPS) is 10.5. The van der Waals surface area contributed by atoms with E-state index < -0.39 is 0 Å². The maximum Gasteiger partial charge on any atom is 0.305 e. The van der Waals surface area contributed by atoms with Crippen LogP contribution in [0.3, 0.4) is 0 Å². The number of hydrogen-bond acceptors (Lipinski definition) is 3. The Morgan fingerprint density at radius 2 is 2.00 bits per heavy atom. The third kappa shape index (κ3) is 4.74. The molecule has 0 bridgehead atoms. The number of unbranched alkanes of at least 4 members (excludes halogenated alkanes) is 2. The predicted octanol–water partition coefficient (Wildman–Crippen LogP) is 3.67. The van der Waals surface area contributed by atoms with Gasteiger partial charge in [-0.1, -0.05) is 36.8 Å². The van der Waals surface area contributed by atoms with Gasteiger partial charge < -0.3 is 9.30 Å². The molecule has 1 heterocycles. The van der Waals surface area contributed by atoms with Crippen LogP contribution in [0.1, 0.15) is 32.6 Å². The predicted molar refractivity (Wildman–Crippen MR) is 82.8 cm³/mol. The van der Waals surface area contributed by atoms with E-state index in [1.807, 2.05) is 37.5 Å². The van der Waals surface area contributed by atoms with Gasteiger partial charge in [-0.2, -0.15) is 0 Å². The summed E-state index contributed by atoms with van der Waals surface area (Å²) >= 11 is 0. The molecule has 2 aromatic rings. The zero-order valence-electron chi connectivity index (χ0n) is 12.5. The second kappa shape index (κ2) is 8.25. The highest BCUT2D eigenvalue weighted by atomic mass is 16.5. The van der Waals surface area contributed by atoms with Gasteiger partial charge >= 0.3 is 5.97 Å². The second-order valence-electron chi connectivity index (χ2n) is 4.93. The summed E-state index contributed by atoms with van der Waals surface area (Å²) in [4.78, 5) is 15.7. The number of aryl methyl sites for hydroxylation is 1. The summed E-state index contributed by atoms with van der Waals surface area (Å²) in [6.07, 6.45) is 7.30. The molecule has 1 aromatic heterocycles. The molecule has 4 nitrogen and oxygen atoms in total. The third-order valence-corrected chi connectivity index (χ3v) is 3.33. The van der Waals surface area contributed by atoms with Crippen LogP contribution in [0.25, 0.3) is 11.4 Å². The maximum absolute atomic E-state index is 11.2. The summed E-state index contributed by atoms with van der Waals surface area (Å²) in [6, 6.07) is 10.2. The molecule has 0 spiro atoms. The van der Waals surface area contributed by atoms with Crippen LogP contribution in [0.2, 0.25) is 0 Å². The Hall–Kier alpha value is -2.10. The number of aromatic nitrogens is 2. The van der Waals surface area contributed by atoms with E-state index in [4.69, 9.17) is 4.74 Å². The Labute approximate surface area is 125 Å². The topological polar surface area (TPSA) is 44.1 Å². The molecule has 0 fully saturated rings. The quantitative estimate of drug-likeness (QED) is 0.549. The monoisotopic (exact) mass is 286 g/mol. The Bertz CT molecular complexity index is 549. The van der Waals surface area contributed by atoms with Crippen LogP contribution in [0, 0.1) is 0 Å². The lowest BCUT2D eigenvalue weighted by molar-refractivity contribution is -0.143. The molecule has 0 aliphatic rings. The highest BCUT2D eigenvalue weighted by molar-refractivity contribution is 5.69. The van der Waals surface area contributed by atoms with Gasteiger partial charge in [0.2, 0.25) is 0 Å². The lowest BCUT2D eigenvalue weighted by Gasteiger charge is -2.08. The molecule has 21 heavy (non-hydrogen) atoms. The first kappa shape index (κ1) is 15.3. The van der Waals surface area contributed by atoms with Crippen molar-refractivity contribution in [3.05, 3.63) is 42.7 Å². The molecule has 0 saturated carbocycles. The van der Waals surface area contributed by atoms with Crippen molar-refractivity contribution < 1.29 is 9.53 Å². The molecule has 0 aliphatic carbocycles.